The normalized spacial score (nSPS) is 11.3. The molecule has 0 saturated heterocycles. The monoisotopic (exact) mass is 186 g/mol. The summed E-state index contributed by atoms with van der Waals surface area (Å²) in [7, 11) is 0. The van der Waals surface area contributed by atoms with Gasteiger partial charge in [-0.15, -0.1) is 0 Å². The molecule has 0 aliphatic heterocycles. The Bertz CT molecular complexity index is 282. The fourth-order valence-corrected chi connectivity index (χ4v) is 0.683. The van der Waals surface area contributed by atoms with Crippen LogP contribution in [-0.4, -0.2) is 27.9 Å². The Morgan fingerprint density at radius 2 is 2.38 bits per heavy atom. The van der Waals surface area contributed by atoms with E-state index in [1.54, 1.807) is 0 Å². The Kier molecular flexibility index (Phi) is 2.65. The van der Waals surface area contributed by atoms with E-state index in [1.807, 2.05) is 0 Å². The van der Waals surface area contributed by atoms with Gasteiger partial charge in [0, 0.05) is 12.4 Å². The van der Waals surface area contributed by atoms with Crippen LogP contribution in [-0.2, 0) is 4.74 Å². The molecule has 0 bridgehead atoms. The summed E-state index contributed by atoms with van der Waals surface area (Å²) < 4.78 is 18.3. The van der Waals surface area contributed by atoms with E-state index in [-0.39, 0.29) is 0 Å². The predicted octanol–water partition coefficient (Wildman–Crippen LogP) is 1.62. The minimum absolute atomic E-state index is 0.625. The van der Waals surface area contributed by atoms with Crippen molar-refractivity contribution < 1.29 is 13.9 Å². The molecule has 0 saturated carbocycles. The number of nitrogens with zero attached hydrogens (tertiary/aromatic N) is 2. The van der Waals surface area contributed by atoms with Gasteiger partial charge >= 0.3 is 6.09 Å². The van der Waals surface area contributed by atoms with Crippen LogP contribution in [0, 0.1) is 0 Å². The second-order valence-electron chi connectivity index (χ2n) is 3.23. The Balaban J connectivity index is 2.61. The summed E-state index contributed by atoms with van der Waals surface area (Å²) in [5, 5.41) is 0. The molecular formula is C8H11FN2O2. The van der Waals surface area contributed by atoms with Gasteiger partial charge in [-0.3, -0.25) is 0 Å². The zero-order valence-corrected chi connectivity index (χ0v) is 7.53. The molecule has 0 amide bonds. The number of carbonyl (C=O) groups is 1. The standard InChI is InChI=1S/C8H11FN2O2/c1-8(2,5-9)13-7(12)11-4-3-10-6-11/h3-4,6H,5H2,1-2H3. The summed E-state index contributed by atoms with van der Waals surface area (Å²) in [6.07, 6.45) is 3.57. The first-order valence-corrected chi connectivity index (χ1v) is 3.82. The van der Waals surface area contributed by atoms with E-state index in [2.05, 4.69) is 4.98 Å². The lowest BCUT2D eigenvalue weighted by Crippen LogP contribution is -2.32. The first kappa shape index (κ1) is 9.70. The predicted molar refractivity (Wildman–Crippen MR) is 44.2 cm³/mol. The highest BCUT2D eigenvalue weighted by Crippen LogP contribution is 2.10. The molecule has 0 unspecified atom stereocenters. The average molecular weight is 186 g/mol. The van der Waals surface area contributed by atoms with Crippen molar-refractivity contribution in [3.8, 4) is 0 Å². The minimum Gasteiger partial charge on any atom is -0.440 e. The molecule has 1 aromatic heterocycles. The van der Waals surface area contributed by atoms with Gasteiger partial charge in [0.2, 0.25) is 0 Å². The maximum Gasteiger partial charge on any atom is 0.419 e. The Hall–Kier alpha value is -1.39. The molecular weight excluding hydrogens is 175 g/mol. The molecule has 0 radical (unpaired) electrons. The van der Waals surface area contributed by atoms with Gasteiger partial charge in [-0.2, -0.15) is 0 Å². The maximum atomic E-state index is 12.3. The minimum atomic E-state index is -1.08. The van der Waals surface area contributed by atoms with Crippen molar-refractivity contribution in [2.45, 2.75) is 19.4 Å². The smallest absolute Gasteiger partial charge is 0.419 e. The molecule has 0 aliphatic rings. The highest BCUT2D eigenvalue weighted by atomic mass is 19.1. The molecule has 4 nitrogen and oxygen atoms in total. The number of aromatic nitrogens is 2. The highest BCUT2D eigenvalue weighted by molar-refractivity contribution is 5.70. The molecule has 1 aromatic rings. The second-order valence-corrected chi connectivity index (χ2v) is 3.23. The number of hydrogen-bond acceptors (Lipinski definition) is 3. The maximum absolute atomic E-state index is 12.3. The molecule has 1 heterocycles. The molecule has 0 aliphatic carbocycles. The van der Waals surface area contributed by atoms with Crippen LogP contribution in [0.4, 0.5) is 9.18 Å². The lowest BCUT2D eigenvalue weighted by Gasteiger charge is -2.20. The van der Waals surface area contributed by atoms with Crippen molar-refractivity contribution in [1.29, 1.82) is 0 Å². The molecule has 0 fully saturated rings. The van der Waals surface area contributed by atoms with Gasteiger partial charge in [-0.25, -0.2) is 18.7 Å². The fraction of sp³-hybridized carbons (Fsp3) is 0.500. The third kappa shape index (κ3) is 2.54. The van der Waals surface area contributed by atoms with E-state index in [1.165, 1.54) is 32.6 Å². The van der Waals surface area contributed by atoms with Crippen LogP contribution in [0.5, 0.6) is 0 Å². The largest absolute Gasteiger partial charge is 0.440 e. The average Bonchev–Trinajstić information content (AvgIpc) is 2.55. The first-order valence-electron chi connectivity index (χ1n) is 3.82. The summed E-state index contributed by atoms with van der Waals surface area (Å²) in [5.41, 5.74) is -1.08. The summed E-state index contributed by atoms with van der Waals surface area (Å²) >= 11 is 0. The van der Waals surface area contributed by atoms with Crippen LogP contribution in [0.25, 0.3) is 0 Å². The summed E-state index contributed by atoms with van der Waals surface area (Å²) in [6.45, 7) is 2.29. The van der Waals surface area contributed by atoms with E-state index in [9.17, 15) is 9.18 Å². The van der Waals surface area contributed by atoms with Crippen LogP contribution >= 0.6 is 0 Å². The lowest BCUT2D eigenvalue weighted by atomic mass is 10.2. The van der Waals surface area contributed by atoms with E-state index < -0.39 is 18.4 Å². The summed E-state index contributed by atoms with van der Waals surface area (Å²) in [5.74, 6) is 0. The van der Waals surface area contributed by atoms with Crippen molar-refractivity contribution in [1.82, 2.24) is 9.55 Å². The zero-order valence-electron chi connectivity index (χ0n) is 7.53. The van der Waals surface area contributed by atoms with E-state index in [0.717, 1.165) is 4.57 Å². The van der Waals surface area contributed by atoms with E-state index in [4.69, 9.17) is 4.74 Å². The Morgan fingerprint density at radius 3 is 2.85 bits per heavy atom. The van der Waals surface area contributed by atoms with Crippen LogP contribution in [0.2, 0.25) is 0 Å². The third-order valence-corrected chi connectivity index (χ3v) is 1.40. The molecule has 0 aromatic carbocycles. The van der Waals surface area contributed by atoms with Gasteiger partial charge in [-0.05, 0) is 13.8 Å². The van der Waals surface area contributed by atoms with Crippen molar-refractivity contribution in [3.63, 3.8) is 0 Å². The van der Waals surface area contributed by atoms with Gasteiger partial charge in [0.05, 0.1) is 0 Å². The van der Waals surface area contributed by atoms with Gasteiger partial charge in [0.1, 0.15) is 18.6 Å². The molecule has 1 rings (SSSR count). The summed E-state index contributed by atoms with van der Waals surface area (Å²) in [6, 6.07) is 0. The number of rotatable bonds is 2. The number of alkyl halides is 1. The van der Waals surface area contributed by atoms with Crippen LogP contribution in [0.1, 0.15) is 13.8 Å². The fourth-order valence-electron chi connectivity index (χ4n) is 0.683. The number of halogens is 1. The van der Waals surface area contributed by atoms with Crippen molar-refractivity contribution in [2.24, 2.45) is 0 Å². The van der Waals surface area contributed by atoms with Gasteiger partial charge < -0.3 is 4.74 Å². The quantitative estimate of drug-likeness (QED) is 0.704. The van der Waals surface area contributed by atoms with E-state index >= 15 is 0 Å². The number of ether oxygens (including phenoxy) is 1. The molecule has 72 valence electrons. The van der Waals surface area contributed by atoms with Crippen LogP contribution < -0.4 is 0 Å². The molecule has 0 atom stereocenters. The van der Waals surface area contributed by atoms with Gasteiger partial charge in [-0.1, -0.05) is 0 Å². The lowest BCUT2D eigenvalue weighted by molar-refractivity contribution is 0.0214. The Labute approximate surface area is 75.3 Å². The van der Waals surface area contributed by atoms with Crippen LogP contribution in [0.15, 0.2) is 18.7 Å². The first-order chi connectivity index (χ1) is 6.05. The van der Waals surface area contributed by atoms with Gasteiger partial charge in [0.25, 0.3) is 0 Å². The molecule has 13 heavy (non-hydrogen) atoms. The van der Waals surface area contributed by atoms with E-state index in [0.29, 0.717) is 0 Å². The Morgan fingerprint density at radius 1 is 1.69 bits per heavy atom. The van der Waals surface area contributed by atoms with Crippen molar-refractivity contribution >= 4 is 6.09 Å². The number of carbonyl (C=O) groups excluding carboxylic acids is 1. The van der Waals surface area contributed by atoms with Crippen LogP contribution in [0.3, 0.4) is 0 Å². The van der Waals surface area contributed by atoms with Gasteiger partial charge in [0.15, 0.2) is 0 Å². The summed E-state index contributed by atoms with van der Waals surface area (Å²) in [4.78, 5) is 14.9. The highest BCUT2D eigenvalue weighted by Gasteiger charge is 2.23. The van der Waals surface area contributed by atoms with Crippen molar-refractivity contribution in [2.75, 3.05) is 6.67 Å². The molecule has 0 N–H and O–H groups in total. The number of hydrogen-bond donors (Lipinski definition) is 0. The van der Waals surface area contributed by atoms with Crippen molar-refractivity contribution in [3.05, 3.63) is 18.7 Å². The molecule has 5 heteroatoms. The third-order valence-electron chi connectivity index (χ3n) is 1.40. The molecule has 0 spiro atoms. The zero-order chi connectivity index (χ0) is 9.90. The topological polar surface area (TPSA) is 44.1 Å². The number of imidazole rings is 1. The second kappa shape index (κ2) is 3.55. The SMILES string of the molecule is CC(C)(CF)OC(=O)n1ccnc1.